The van der Waals surface area contributed by atoms with Crippen LogP contribution in [0.4, 0.5) is 0 Å². The Morgan fingerprint density at radius 1 is 1.15 bits per heavy atom. The van der Waals surface area contributed by atoms with Gasteiger partial charge in [-0.25, -0.2) is 0 Å². The van der Waals surface area contributed by atoms with Crippen LogP contribution in [0.15, 0.2) is 0 Å². The first kappa shape index (κ1) is 13.1. The van der Waals surface area contributed by atoms with Gasteiger partial charge in [0, 0.05) is 0 Å². The third kappa shape index (κ3) is 5.39. The van der Waals surface area contributed by atoms with E-state index in [0.29, 0.717) is 5.41 Å². The summed E-state index contributed by atoms with van der Waals surface area (Å²) in [6.45, 7) is 11.7. The van der Waals surface area contributed by atoms with Crippen molar-refractivity contribution in [1.29, 1.82) is 0 Å². The average molecular weight is 182 g/mol. The Balaban J connectivity index is 3.76. The third-order valence-corrected chi connectivity index (χ3v) is 3.48. The summed E-state index contributed by atoms with van der Waals surface area (Å²) in [5.41, 5.74) is 0.478. The SMILES string of the molecule is BC(CCCCC)C(C)C(C)(C)C. The quantitative estimate of drug-likeness (QED) is 0.449. The first-order valence-electron chi connectivity index (χ1n) is 5.89. The van der Waals surface area contributed by atoms with E-state index in [2.05, 4.69) is 42.5 Å². The highest BCUT2D eigenvalue weighted by atomic mass is 14.3. The summed E-state index contributed by atoms with van der Waals surface area (Å²) in [6.07, 6.45) is 5.57. The smallest absolute Gasteiger partial charge is 0.0667 e. The van der Waals surface area contributed by atoms with Crippen molar-refractivity contribution < 1.29 is 0 Å². The van der Waals surface area contributed by atoms with E-state index >= 15 is 0 Å². The van der Waals surface area contributed by atoms with E-state index in [1.165, 1.54) is 25.7 Å². The van der Waals surface area contributed by atoms with E-state index in [1.807, 2.05) is 0 Å². The standard InChI is InChI=1S/C12H27B/c1-6-7-8-9-11(13)10(2)12(3,4)5/h10-11H,6-9,13H2,1-5H3. The predicted octanol–water partition coefficient (Wildman–Crippen LogP) is 3.67. The number of unbranched alkanes of at least 4 members (excludes halogenated alkanes) is 2. The highest BCUT2D eigenvalue weighted by Crippen LogP contribution is 2.35. The van der Waals surface area contributed by atoms with Crippen LogP contribution in [-0.4, -0.2) is 7.85 Å². The van der Waals surface area contributed by atoms with E-state index < -0.39 is 0 Å². The molecular weight excluding hydrogens is 155 g/mol. The zero-order valence-corrected chi connectivity index (χ0v) is 10.5. The lowest BCUT2D eigenvalue weighted by Crippen LogP contribution is -2.22. The van der Waals surface area contributed by atoms with E-state index in [9.17, 15) is 0 Å². The summed E-state index contributed by atoms with van der Waals surface area (Å²) in [4.78, 5) is 0. The molecule has 0 rings (SSSR count). The largest absolute Gasteiger partial charge is 0.105 e. The fraction of sp³-hybridized carbons (Fsp3) is 1.00. The van der Waals surface area contributed by atoms with Crippen LogP contribution < -0.4 is 0 Å². The summed E-state index contributed by atoms with van der Waals surface area (Å²) >= 11 is 0. The molecule has 0 aromatic carbocycles. The van der Waals surface area contributed by atoms with Gasteiger partial charge in [0.15, 0.2) is 0 Å². The Bertz CT molecular complexity index is 124. The van der Waals surface area contributed by atoms with Crippen LogP contribution in [0.1, 0.15) is 60.3 Å². The molecule has 0 radical (unpaired) electrons. The molecule has 2 unspecified atom stereocenters. The predicted molar refractivity (Wildman–Crippen MR) is 65.1 cm³/mol. The van der Waals surface area contributed by atoms with Crippen molar-refractivity contribution in [2.24, 2.45) is 11.3 Å². The molecule has 1 heteroatoms. The first-order valence-corrected chi connectivity index (χ1v) is 5.89. The minimum absolute atomic E-state index is 0.478. The van der Waals surface area contributed by atoms with Crippen molar-refractivity contribution in [2.75, 3.05) is 0 Å². The fourth-order valence-corrected chi connectivity index (χ4v) is 1.82. The second-order valence-electron chi connectivity index (χ2n) is 5.63. The molecule has 0 aliphatic rings. The number of hydrogen-bond acceptors (Lipinski definition) is 0. The fourth-order valence-electron chi connectivity index (χ4n) is 1.82. The molecule has 2 atom stereocenters. The van der Waals surface area contributed by atoms with Gasteiger partial charge in [-0.15, -0.1) is 0 Å². The van der Waals surface area contributed by atoms with Gasteiger partial charge in [-0.05, 0) is 11.3 Å². The van der Waals surface area contributed by atoms with Crippen LogP contribution in [0.5, 0.6) is 0 Å². The van der Waals surface area contributed by atoms with Gasteiger partial charge in [-0.3, -0.25) is 0 Å². The van der Waals surface area contributed by atoms with Crippen molar-refractivity contribution in [3.05, 3.63) is 0 Å². The highest BCUT2D eigenvalue weighted by molar-refractivity contribution is 6.11. The maximum Gasteiger partial charge on any atom is 0.105 e. The molecule has 0 fully saturated rings. The van der Waals surface area contributed by atoms with Crippen LogP contribution in [0, 0.1) is 11.3 Å². The second kappa shape index (κ2) is 5.72. The summed E-state index contributed by atoms with van der Waals surface area (Å²) in [5.74, 6) is 1.72. The summed E-state index contributed by atoms with van der Waals surface area (Å²) < 4.78 is 0. The zero-order valence-electron chi connectivity index (χ0n) is 10.5. The molecule has 0 aromatic heterocycles. The van der Waals surface area contributed by atoms with Crippen LogP contribution in [-0.2, 0) is 0 Å². The lowest BCUT2D eigenvalue weighted by Gasteiger charge is -2.32. The molecule has 0 saturated carbocycles. The van der Waals surface area contributed by atoms with Crippen molar-refractivity contribution in [2.45, 2.75) is 66.1 Å². The first-order chi connectivity index (χ1) is 5.89. The average Bonchev–Trinajstić information content (AvgIpc) is 2.01. The molecular formula is C12H27B. The molecule has 0 aliphatic carbocycles. The molecule has 0 aromatic rings. The topological polar surface area (TPSA) is 0 Å². The Kier molecular flexibility index (Phi) is 5.75. The van der Waals surface area contributed by atoms with E-state index in [-0.39, 0.29) is 0 Å². The summed E-state index contributed by atoms with van der Waals surface area (Å²) in [7, 11) is 2.41. The molecule has 13 heavy (non-hydrogen) atoms. The van der Waals surface area contributed by atoms with Crippen LogP contribution >= 0.6 is 0 Å². The van der Waals surface area contributed by atoms with Crippen LogP contribution in [0.3, 0.4) is 0 Å². The molecule has 0 heterocycles. The van der Waals surface area contributed by atoms with Crippen molar-refractivity contribution >= 4 is 7.85 Å². The van der Waals surface area contributed by atoms with Crippen LogP contribution in [0.25, 0.3) is 0 Å². The molecule has 0 aliphatic heterocycles. The minimum Gasteiger partial charge on any atom is -0.0667 e. The molecule has 0 amide bonds. The zero-order chi connectivity index (χ0) is 10.5. The number of rotatable bonds is 5. The summed E-state index contributed by atoms with van der Waals surface area (Å²) in [5, 5.41) is 0. The maximum atomic E-state index is 2.41. The lowest BCUT2D eigenvalue weighted by atomic mass is 9.64. The Labute approximate surface area is 85.9 Å². The van der Waals surface area contributed by atoms with Gasteiger partial charge < -0.3 is 0 Å². The van der Waals surface area contributed by atoms with Gasteiger partial charge >= 0.3 is 0 Å². The maximum absolute atomic E-state index is 2.41. The Morgan fingerprint density at radius 2 is 1.69 bits per heavy atom. The van der Waals surface area contributed by atoms with Gasteiger partial charge in [0.25, 0.3) is 0 Å². The monoisotopic (exact) mass is 182 g/mol. The minimum atomic E-state index is 0.478. The molecule has 0 saturated heterocycles. The number of hydrogen-bond donors (Lipinski definition) is 0. The molecule has 0 N–H and O–H groups in total. The molecule has 78 valence electrons. The second-order valence-corrected chi connectivity index (χ2v) is 5.63. The summed E-state index contributed by atoms with van der Waals surface area (Å²) in [6, 6.07) is 0. The van der Waals surface area contributed by atoms with Gasteiger partial charge in [0.1, 0.15) is 7.85 Å². The lowest BCUT2D eigenvalue weighted by molar-refractivity contribution is 0.241. The van der Waals surface area contributed by atoms with Gasteiger partial charge in [0.2, 0.25) is 0 Å². The van der Waals surface area contributed by atoms with E-state index in [0.717, 1.165) is 11.7 Å². The van der Waals surface area contributed by atoms with Crippen molar-refractivity contribution in [3.8, 4) is 0 Å². The normalized spacial score (nSPS) is 17.0. The van der Waals surface area contributed by atoms with Gasteiger partial charge in [-0.1, -0.05) is 66.1 Å². The van der Waals surface area contributed by atoms with Crippen molar-refractivity contribution in [3.63, 3.8) is 0 Å². The Hall–Kier alpha value is 0.0649. The molecule has 0 spiro atoms. The highest BCUT2D eigenvalue weighted by Gasteiger charge is 2.24. The van der Waals surface area contributed by atoms with Crippen LogP contribution in [0.2, 0.25) is 5.82 Å². The van der Waals surface area contributed by atoms with Crippen molar-refractivity contribution in [1.82, 2.24) is 0 Å². The van der Waals surface area contributed by atoms with E-state index in [1.54, 1.807) is 0 Å². The Morgan fingerprint density at radius 3 is 2.08 bits per heavy atom. The molecule has 0 nitrogen and oxygen atoms in total. The van der Waals surface area contributed by atoms with E-state index in [4.69, 9.17) is 0 Å². The molecule has 0 bridgehead atoms. The third-order valence-electron chi connectivity index (χ3n) is 3.48. The van der Waals surface area contributed by atoms with Gasteiger partial charge in [-0.2, -0.15) is 0 Å². The van der Waals surface area contributed by atoms with Gasteiger partial charge in [0.05, 0.1) is 0 Å².